The SMILES string of the molecule is ISI.[Ag]. The fourth-order valence-corrected chi connectivity index (χ4v) is 0. The molecule has 0 bridgehead atoms. The van der Waals surface area contributed by atoms with E-state index in [1.54, 1.807) is 6.10 Å². The summed E-state index contributed by atoms with van der Waals surface area (Å²) >= 11 is 4.38. The van der Waals surface area contributed by atoms with Crippen molar-refractivity contribution >= 4 is 48.5 Å². The van der Waals surface area contributed by atoms with E-state index in [1.807, 2.05) is 0 Å². The van der Waals surface area contributed by atoms with Gasteiger partial charge in [-0.2, -0.15) is 0 Å². The number of hydrogen-bond acceptors (Lipinski definition) is 1. The Hall–Kier alpha value is 2.55. The molecule has 31 valence electrons. The molecule has 0 aromatic heterocycles. The van der Waals surface area contributed by atoms with Crippen LogP contribution >= 0.6 is 48.5 Å². The summed E-state index contributed by atoms with van der Waals surface area (Å²) in [7, 11) is 0. The summed E-state index contributed by atoms with van der Waals surface area (Å²) in [5.41, 5.74) is 0. The number of rotatable bonds is 0. The normalized spacial score (nSPS) is 4.50. The second-order valence-electron chi connectivity index (χ2n) is 0.0583. The van der Waals surface area contributed by atoms with E-state index < -0.39 is 0 Å². The minimum atomic E-state index is 0. The van der Waals surface area contributed by atoms with Gasteiger partial charge in [0, 0.05) is 64.8 Å². The van der Waals surface area contributed by atoms with E-state index in [2.05, 4.69) is 42.4 Å². The predicted octanol–water partition coefficient (Wildman–Crippen LogP) is 2.42. The summed E-state index contributed by atoms with van der Waals surface area (Å²) < 4.78 is 0. The maximum atomic E-state index is 2.19. The molecule has 0 amide bonds. The molecule has 0 saturated carbocycles. The maximum Gasteiger partial charge on any atom is 0.00791 e. The van der Waals surface area contributed by atoms with E-state index in [0.717, 1.165) is 0 Å². The Morgan fingerprint density at radius 2 is 1.25 bits per heavy atom. The molecule has 0 spiro atoms. The van der Waals surface area contributed by atoms with Gasteiger partial charge >= 0.3 is 0 Å². The van der Waals surface area contributed by atoms with Crippen molar-refractivity contribution in [1.82, 2.24) is 0 Å². The first-order chi connectivity index (χ1) is 1.41. The molecule has 0 atom stereocenters. The van der Waals surface area contributed by atoms with E-state index in [0.29, 0.717) is 0 Å². The Morgan fingerprint density at radius 1 is 1.25 bits per heavy atom. The van der Waals surface area contributed by atoms with Crippen LogP contribution in [0.25, 0.3) is 0 Å². The third-order valence-electron chi connectivity index (χ3n) is 0. The molecule has 0 aromatic carbocycles. The first-order valence-corrected chi connectivity index (χ1v) is 6.21. The average Bonchev–Trinajstić information content (AvgIpc) is 0.918. The van der Waals surface area contributed by atoms with Crippen LogP contribution in [0.5, 0.6) is 0 Å². The second-order valence-corrected chi connectivity index (χ2v) is 7.87. The van der Waals surface area contributed by atoms with Crippen LogP contribution in [0.4, 0.5) is 0 Å². The van der Waals surface area contributed by atoms with Crippen molar-refractivity contribution in [1.29, 1.82) is 0 Å². The molecule has 0 nitrogen and oxygen atoms in total. The van der Waals surface area contributed by atoms with Gasteiger partial charge < -0.3 is 0 Å². The van der Waals surface area contributed by atoms with Crippen molar-refractivity contribution in [3.63, 3.8) is 0 Å². The number of hydrogen-bond donors (Lipinski definition) is 0. The molecule has 4 heavy (non-hydrogen) atoms. The van der Waals surface area contributed by atoms with Crippen molar-refractivity contribution in [3.8, 4) is 0 Å². The van der Waals surface area contributed by atoms with Crippen LogP contribution in [0.3, 0.4) is 0 Å². The smallest absolute Gasteiger partial charge is 0.00791 e. The van der Waals surface area contributed by atoms with Gasteiger partial charge in [-0.25, -0.2) is 0 Å². The van der Waals surface area contributed by atoms with Crippen molar-refractivity contribution in [2.45, 2.75) is 0 Å². The van der Waals surface area contributed by atoms with E-state index in [1.165, 1.54) is 0 Å². The van der Waals surface area contributed by atoms with Gasteiger partial charge in [-0.1, -0.05) is 0 Å². The summed E-state index contributed by atoms with van der Waals surface area (Å²) in [6.07, 6.45) is 1.69. The molecule has 0 aliphatic carbocycles. The molecule has 1 radical (unpaired) electrons. The average molecular weight is 394 g/mol. The molecular weight excluding hydrogens is 394 g/mol. The van der Waals surface area contributed by atoms with E-state index in [9.17, 15) is 0 Å². The fourth-order valence-electron chi connectivity index (χ4n) is 0. The third kappa shape index (κ3) is 8.82. The number of halogens is 2. The molecule has 0 rings (SSSR count). The molecule has 0 aliphatic rings. The van der Waals surface area contributed by atoms with Crippen LogP contribution in [0, 0.1) is 0 Å². The van der Waals surface area contributed by atoms with E-state index in [-0.39, 0.29) is 22.4 Å². The molecule has 0 N–H and O–H groups in total. The third-order valence-corrected chi connectivity index (χ3v) is 0. The van der Waals surface area contributed by atoms with E-state index in [4.69, 9.17) is 0 Å². The summed E-state index contributed by atoms with van der Waals surface area (Å²) in [5, 5.41) is 0. The molecule has 0 aliphatic heterocycles. The van der Waals surface area contributed by atoms with Crippen LogP contribution in [-0.2, 0) is 22.4 Å². The Labute approximate surface area is 69.5 Å². The molecule has 0 aromatic rings. The van der Waals surface area contributed by atoms with Gasteiger partial charge in [0.25, 0.3) is 0 Å². The van der Waals surface area contributed by atoms with Crippen LogP contribution < -0.4 is 0 Å². The summed E-state index contributed by atoms with van der Waals surface area (Å²) in [4.78, 5) is 0. The quantitative estimate of drug-likeness (QED) is 0.450. The second kappa shape index (κ2) is 9.12. The summed E-state index contributed by atoms with van der Waals surface area (Å²) in [5.74, 6) is 0. The molecule has 4 heteroatoms. The zero-order chi connectivity index (χ0) is 2.71. The van der Waals surface area contributed by atoms with Crippen LogP contribution in [0.15, 0.2) is 0 Å². The first-order valence-electron chi connectivity index (χ1n) is 0.309. The largest absolute Gasteiger partial charge is 0.0158 e. The van der Waals surface area contributed by atoms with Gasteiger partial charge in [0.15, 0.2) is 0 Å². The van der Waals surface area contributed by atoms with Gasteiger partial charge in [-0.15, -0.1) is 0 Å². The summed E-state index contributed by atoms with van der Waals surface area (Å²) in [6, 6.07) is 0. The Morgan fingerprint density at radius 3 is 1.25 bits per heavy atom. The minimum Gasteiger partial charge on any atom is -0.0158 e. The molecular formula is AgI2S. The molecule has 0 heterocycles. The van der Waals surface area contributed by atoms with Crippen LogP contribution in [0.1, 0.15) is 0 Å². The fraction of sp³-hybridized carbons (Fsp3) is 0. The van der Waals surface area contributed by atoms with Crippen molar-refractivity contribution < 1.29 is 22.4 Å². The standard InChI is InChI=1S/Ag.I2S/c;1-3-2. The van der Waals surface area contributed by atoms with Gasteiger partial charge in [0.1, 0.15) is 0 Å². The molecule has 0 fully saturated rings. The van der Waals surface area contributed by atoms with Gasteiger partial charge in [0.2, 0.25) is 0 Å². The zero-order valence-corrected chi connectivity index (χ0v) is 8.08. The minimum absolute atomic E-state index is 0. The van der Waals surface area contributed by atoms with Crippen LogP contribution in [0.2, 0.25) is 0 Å². The Bertz CT molecular complexity index is 6.00. The van der Waals surface area contributed by atoms with Gasteiger partial charge in [-0.05, 0) is 6.10 Å². The molecule has 0 unspecified atom stereocenters. The maximum absolute atomic E-state index is 2.19. The van der Waals surface area contributed by atoms with Crippen LogP contribution in [-0.4, -0.2) is 0 Å². The first kappa shape index (κ1) is 9.75. The van der Waals surface area contributed by atoms with Gasteiger partial charge in [0.05, 0.1) is 0 Å². The summed E-state index contributed by atoms with van der Waals surface area (Å²) in [6.45, 7) is 0. The monoisotopic (exact) mass is 393 g/mol. The van der Waals surface area contributed by atoms with Crippen molar-refractivity contribution in [3.05, 3.63) is 0 Å². The Kier molecular flexibility index (Phi) is 22.2. The zero-order valence-electron chi connectivity index (χ0n) is 1.47. The van der Waals surface area contributed by atoms with Gasteiger partial charge in [-0.3, -0.25) is 0 Å². The van der Waals surface area contributed by atoms with E-state index >= 15 is 0 Å². The van der Waals surface area contributed by atoms with Crippen molar-refractivity contribution in [2.75, 3.05) is 0 Å². The van der Waals surface area contributed by atoms with Crippen molar-refractivity contribution in [2.24, 2.45) is 0 Å². The molecule has 0 saturated heterocycles. The predicted molar refractivity (Wildman–Crippen MR) is 35.6 cm³/mol. The topological polar surface area (TPSA) is 0 Å². The Balaban J connectivity index is 0.